The third-order valence-electron chi connectivity index (χ3n) is 3.76. The minimum absolute atomic E-state index is 0.0471. The molecule has 0 bridgehead atoms. The van der Waals surface area contributed by atoms with Crippen molar-refractivity contribution in [2.24, 2.45) is 7.05 Å². The van der Waals surface area contributed by atoms with Gasteiger partial charge in [0.1, 0.15) is 21.3 Å². The summed E-state index contributed by atoms with van der Waals surface area (Å²) in [6.07, 6.45) is 0.987. The van der Waals surface area contributed by atoms with Crippen molar-refractivity contribution in [1.29, 1.82) is 0 Å². The van der Waals surface area contributed by atoms with Crippen LogP contribution in [0, 0.1) is 20.8 Å². The molecule has 0 radical (unpaired) electrons. The average molecular weight is 413 g/mol. The fourth-order valence-electron chi connectivity index (χ4n) is 2.48. The number of thiazole rings is 1. The summed E-state index contributed by atoms with van der Waals surface area (Å²) in [5.74, 6) is -0.718. The van der Waals surface area contributed by atoms with Gasteiger partial charge in [-0.05, 0) is 32.3 Å². The molecule has 0 aliphatic heterocycles. The third kappa shape index (κ3) is 3.15. The first-order valence-electron chi connectivity index (χ1n) is 7.41. The van der Waals surface area contributed by atoms with Gasteiger partial charge in [0.25, 0.3) is 5.91 Å². The molecule has 0 unspecified atom stereocenters. The number of hydrogen-bond acceptors (Lipinski definition) is 9. The summed E-state index contributed by atoms with van der Waals surface area (Å²) in [5.41, 5.74) is 2.03. The van der Waals surface area contributed by atoms with Gasteiger partial charge in [-0.2, -0.15) is 9.40 Å². The quantitative estimate of drug-likeness (QED) is 0.644. The molecule has 0 aromatic carbocycles. The number of hydrogen-bond donors (Lipinski definition) is 0. The minimum Gasteiger partial charge on any atom is -0.270 e. The minimum atomic E-state index is -3.88. The Balaban J connectivity index is 2.08. The highest BCUT2D eigenvalue weighted by atomic mass is 32.2. The van der Waals surface area contributed by atoms with Gasteiger partial charge < -0.3 is 0 Å². The zero-order valence-electron chi connectivity index (χ0n) is 14.7. The van der Waals surface area contributed by atoms with E-state index >= 15 is 0 Å². The Morgan fingerprint density at radius 1 is 1.23 bits per heavy atom. The first-order chi connectivity index (χ1) is 12.1. The second kappa shape index (κ2) is 6.52. The molecule has 0 spiro atoms. The van der Waals surface area contributed by atoms with Crippen molar-refractivity contribution >= 4 is 44.5 Å². The van der Waals surface area contributed by atoms with E-state index in [1.165, 1.54) is 32.9 Å². The number of carbonyl (C=O) groups is 1. The zero-order valence-corrected chi connectivity index (χ0v) is 17.2. The lowest BCUT2D eigenvalue weighted by Crippen LogP contribution is -2.37. The first-order valence-corrected chi connectivity index (χ1v) is 10.9. The van der Waals surface area contributed by atoms with E-state index in [9.17, 15) is 13.2 Å². The van der Waals surface area contributed by atoms with Gasteiger partial charge in [0.05, 0.1) is 23.3 Å². The maximum atomic E-state index is 13.0. The Morgan fingerprint density at radius 3 is 2.42 bits per heavy atom. The van der Waals surface area contributed by atoms with Crippen LogP contribution in [0.3, 0.4) is 0 Å². The Hall–Kier alpha value is -2.18. The molecule has 0 aliphatic carbocycles. The van der Waals surface area contributed by atoms with Gasteiger partial charge in [0.2, 0.25) is 10.0 Å². The van der Waals surface area contributed by atoms with Crippen molar-refractivity contribution in [3.63, 3.8) is 0 Å². The third-order valence-corrected chi connectivity index (χ3v) is 6.59. The lowest BCUT2D eigenvalue weighted by atomic mass is 10.3. The second-order valence-corrected chi connectivity index (χ2v) is 9.14. The van der Waals surface area contributed by atoms with E-state index in [1.54, 1.807) is 27.8 Å². The van der Waals surface area contributed by atoms with E-state index in [2.05, 4.69) is 19.7 Å². The molecular weight excluding hydrogens is 396 g/mol. The van der Waals surface area contributed by atoms with E-state index in [1.807, 2.05) is 0 Å². The molecule has 3 heterocycles. The lowest BCUT2D eigenvalue weighted by Gasteiger charge is -2.19. The van der Waals surface area contributed by atoms with Crippen LogP contribution in [0.2, 0.25) is 0 Å². The highest BCUT2D eigenvalue weighted by Crippen LogP contribution is 2.31. The van der Waals surface area contributed by atoms with Crippen molar-refractivity contribution in [2.75, 3.05) is 10.6 Å². The highest BCUT2D eigenvalue weighted by Gasteiger charge is 2.33. The van der Waals surface area contributed by atoms with Crippen LogP contribution < -0.4 is 4.31 Å². The van der Waals surface area contributed by atoms with Crippen LogP contribution in [0.25, 0.3) is 9.88 Å². The molecule has 26 heavy (non-hydrogen) atoms. The second-order valence-electron chi connectivity index (χ2n) is 5.70. The van der Waals surface area contributed by atoms with E-state index in [0.717, 1.165) is 15.4 Å². The Kier molecular flexibility index (Phi) is 4.67. The van der Waals surface area contributed by atoms with Gasteiger partial charge in [0, 0.05) is 12.4 Å². The molecule has 0 aliphatic rings. The van der Waals surface area contributed by atoms with E-state index in [0.29, 0.717) is 22.1 Å². The number of anilines is 1. The van der Waals surface area contributed by atoms with Crippen molar-refractivity contribution < 1.29 is 13.2 Å². The fourth-order valence-corrected chi connectivity index (χ4v) is 5.05. The summed E-state index contributed by atoms with van der Waals surface area (Å²) in [4.78, 5) is 18.1. The number of carbonyl (C=O) groups excluding carboxylic acids is 1. The van der Waals surface area contributed by atoms with E-state index < -0.39 is 15.9 Å². The summed E-state index contributed by atoms with van der Waals surface area (Å²) >= 11 is 2.42. The number of rotatable bonds is 4. The summed E-state index contributed by atoms with van der Waals surface area (Å²) in [5, 5.41) is 10.2. The molecule has 0 atom stereocenters. The van der Waals surface area contributed by atoms with Gasteiger partial charge in [-0.15, -0.1) is 16.4 Å². The maximum absolute atomic E-state index is 13.0. The largest absolute Gasteiger partial charge is 0.291 e. The van der Waals surface area contributed by atoms with E-state index in [-0.39, 0.29) is 11.4 Å². The number of nitrogens with zero attached hydrogens (tertiary/aromatic N) is 6. The molecule has 0 fully saturated rings. The molecule has 12 heteroatoms. The molecule has 9 nitrogen and oxygen atoms in total. The van der Waals surface area contributed by atoms with Crippen LogP contribution in [0.4, 0.5) is 5.69 Å². The smallest absolute Gasteiger partial charge is 0.270 e. The predicted molar refractivity (Wildman–Crippen MR) is 100 cm³/mol. The number of sulfonamides is 1. The van der Waals surface area contributed by atoms with Crippen LogP contribution >= 0.6 is 22.9 Å². The summed E-state index contributed by atoms with van der Waals surface area (Å²) in [6, 6.07) is 0. The fraction of sp³-hybridized carbons (Fsp3) is 0.357. The molecule has 0 N–H and O–H groups in total. The molecule has 1 amide bonds. The Bertz CT molecular complexity index is 1100. The molecule has 138 valence electrons. The van der Waals surface area contributed by atoms with Gasteiger partial charge in [-0.3, -0.25) is 9.48 Å². The van der Waals surface area contributed by atoms with E-state index in [4.69, 9.17) is 0 Å². The van der Waals surface area contributed by atoms with Gasteiger partial charge >= 0.3 is 0 Å². The maximum Gasteiger partial charge on any atom is 0.291 e. The van der Waals surface area contributed by atoms with Crippen molar-refractivity contribution in [3.05, 3.63) is 28.2 Å². The normalized spacial score (nSPS) is 11.7. The molecular formula is C14H16N6O3S3. The number of amides is 1. The van der Waals surface area contributed by atoms with Crippen LogP contribution in [0.1, 0.15) is 27.6 Å². The SMILES string of the molecule is Cc1nnsc1-c1nc(C(=O)N(c2c(C)nn(C)c2C)S(C)(=O)=O)cs1. The van der Waals surface area contributed by atoms with Crippen molar-refractivity contribution in [3.8, 4) is 9.88 Å². The predicted octanol–water partition coefficient (Wildman–Crippen LogP) is 1.93. The zero-order chi connectivity index (χ0) is 19.2. The summed E-state index contributed by atoms with van der Waals surface area (Å²) in [7, 11) is -2.18. The highest BCUT2D eigenvalue weighted by molar-refractivity contribution is 7.92. The van der Waals surface area contributed by atoms with Crippen molar-refractivity contribution in [1.82, 2.24) is 24.4 Å². The van der Waals surface area contributed by atoms with Gasteiger partial charge in [-0.1, -0.05) is 4.49 Å². The van der Waals surface area contributed by atoms with Crippen molar-refractivity contribution in [2.45, 2.75) is 20.8 Å². The van der Waals surface area contributed by atoms with Crippen LogP contribution in [0.15, 0.2) is 5.38 Å². The number of aryl methyl sites for hydroxylation is 3. The molecule has 3 aromatic rings. The number of aromatic nitrogens is 5. The van der Waals surface area contributed by atoms with Crippen LogP contribution in [0.5, 0.6) is 0 Å². The lowest BCUT2D eigenvalue weighted by molar-refractivity contribution is 0.100. The van der Waals surface area contributed by atoms with Gasteiger partial charge in [-0.25, -0.2) is 13.4 Å². The molecule has 0 saturated carbocycles. The van der Waals surface area contributed by atoms with Crippen LogP contribution in [-0.4, -0.2) is 44.9 Å². The van der Waals surface area contributed by atoms with Crippen LogP contribution in [-0.2, 0) is 17.1 Å². The monoisotopic (exact) mass is 412 g/mol. The Morgan fingerprint density at radius 2 is 1.92 bits per heavy atom. The molecule has 3 rings (SSSR count). The summed E-state index contributed by atoms with van der Waals surface area (Å²) < 4.78 is 30.9. The average Bonchev–Trinajstić information content (AvgIpc) is 3.22. The first kappa shape index (κ1) is 18.6. The van der Waals surface area contributed by atoms with Gasteiger partial charge in [0.15, 0.2) is 0 Å². The molecule has 3 aromatic heterocycles. The standard InChI is InChI=1S/C14H16N6O3S3/c1-7-11(9(3)19(4)17-7)20(26(5,22)23)14(21)10-6-24-13(15-10)12-8(2)16-18-25-12/h6H,1-5H3. The Labute approximate surface area is 158 Å². The molecule has 0 saturated heterocycles. The summed E-state index contributed by atoms with van der Waals surface area (Å²) in [6.45, 7) is 5.17. The topological polar surface area (TPSA) is 111 Å².